The van der Waals surface area contributed by atoms with E-state index in [0.717, 1.165) is 12.0 Å². The minimum absolute atomic E-state index is 0.113. The van der Waals surface area contributed by atoms with E-state index in [2.05, 4.69) is 26.0 Å². The highest BCUT2D eigenvalue weighted by Gasteiger charge is 2.19. The molecule has 0 saturated carbocycles. The van der Waals surface area contributed by atoms with Crippen molar-refractivity contribution in [1.29, 1.82) is 0 Å². The molecule has 0 aliphatic heterocycles. The van der Waals surface area contributed by atoms with Crippen LogP contribution in [-0.4, -0.2) is 22.4 Å². The number of aliphatic hydroxyl groups is 2. The fourth-order valence-corrected chi connectivity index (χ4v) is 2.70. The first-order valence-corrected chi connectivity index (χ1v) is 8.56. The molecule has 0 radical (unpaired) electrons. The predicted molar refractivity (Wildman–Crippen MR) is 96.7 cm³/mol. The molecule has 130 valence electrons. The Hall–Kier alpha value is -1.68. The van der Waals surface area contributed by atoms with Gasteiger partial charge in [0.1, 0.15) is 0 Å². The van der Waals surface area contributed by atoms with Crippen LogP contribution >= 0.6 is 0 Å². The van der Waals surface area contributed by atoms with Crippen LogP contribution in [-0.2, 0) is 17.8 Å². The van der Waals surface area contributed by atoms with Gasteiger partial charge in [-0.1, -0.05) is 54.6 Å². The Labute approximate surface area is 144 Å². The van der Waals surface area contributed by atoms with E-state index in [4.69, 9.17) is 9.84 Å². The van der Waals surface area contributed by atoms with E-state index >= 15 is 0 Å². The van der Waals surface area contributed by atoms with Crippen LogP contribution in [0.4, 0.5) is 0 Å². The zero-order chi connectivity index (χ0) is 17.4. The largest absolute Gasteiger partial charge is 0.396 e. The monoisotopic (exact) mass is 328 g/mol. The molecule has 0 saturated heterocycles. The summed E-state index contributed by atoms with van der Waals surface area (Å²) in [7, 11) is 0. The highest BCUT2D eigenvalue weighted by atomic mass is 16.5. The van der Waals surface area contributed by atoms with Crippen LogP contribution in [0.15, 0.2) is 54.6 Å². The molecular formula is C21H28O3. The molecule has 0 bridgehead atoms. The zero-order valence-electron chi connectivity index (χ0n) is 14.6. The number of aliphatic hydroxyl groups excluding tert-OH is 2. The number of hydrogen-bond acceptors (Lipinski definition) is 3. The van der Waals surface area contributed by atoms with Gasteiger partial charge in [0.15, 0.2) is 0 Å². The van der Waals surface area contributed by atoms with Gasteiger partial charge in [-0.3, -0.25) is 0 Å². The lowest BCUT2D eigenvalue weighted by Gasteiger charge is -2.26. The number of ether oxygens (including phenoxy) is 1. The molecule has 0 amide bonds. The summed E-state index contributed by atoms with van der Waals surface area (Å²) < 4.78 is 6.07. The van der Waals surface area contributed by atoms with Crippen molar-refractivity contribution in [3.8, 4) is 0 Å². The molecule has 3 heteroatoms. The first-order valence-electron chi connectivity index (χ1n) is 8.56. The molecule has 0 heterocycles. The molecule has 3 nitrogen and oxygen atoms in total. The molecule has 0 fully saturated rings. The molecule has 2 rings (SSSR count). The van der Waals surface area contributed by atoms with Crippen molar-refractivity contribution in [2.75, 3.05) is 6.61 Å². The quantitative estimate of drug-likeness (QED) is 0.730. The molecule has 2 aromatic carbocycles. The highest BCUT2D eigenvalue weighted by Crippen LogP contribution is 2.22. The second kappa shape index (κ2) is 8.97. The van der Waals surface area contributed by atoms with E-state index in [0.29, 0.717) is 19.4 Å². The van der Waals surface area contributed by atoms with Crippen LogP contribution < -0.4 is 0 Å². The van der Waals surface area contributed by atoms with Gasteiger partial charge in [0.05, 0.1) is 18.3 Å². The van der Waals surface area contributed by atoms with Crippen LogP contribution in [0.2, 0.25) is 0 Å². The van der Waals surface area contributed by atoms with Gasteiger partial charge < -0.3 is 14.9 Å². The third-order valence-corrected chi connectivity index (χ3v) is 4.10. The maximum atomic E-state index is 10.0. The van der Waals surface area contributed by atoms with E-state index in [-0.39, 0.29) is 12.2 Å². The Bertz CT molecular complexity index is 590. The zero-order valence-corrected chi connectivity index (χ0v) is 14.6. The van der Waals surface area contributed by atoms with E-state index in [1.807, 2.05) is 42.5 Å². The Balaban J connectivity index is 1.89. The number of rotatable bonds is 9. The van der Waals surface area contributed by atoms with Gasteiger partial charge in [0.25, 0.3) is 0 Å². The molecule has 0 spiro atoms. The molecule has 0 aliphatic carbocycles. The second-order valence-electron chi connectivity index (χ2n) is 6.83. The van der Waals surface area contributed by atoms with Gasteiger partial charge in [0, 0.05) is 13.0 Å². The summed E-state index contributed by atoms with van der Waals surface area (Å²) >= 11 is 0. The fourth-order valence-electron chi connectivity index (χ4n) is 2.70. The Morgan fingerprint density at radius 3 is 2.25 bits per heavy atom. The molecule has 0 aliphatic rings. The summed E-state index contributed by atoms with van der Waals surface area (Å²) in [5.74, 6) is 0. The Morgan fingerprint density at radius 1 is 0.958 bits per heavy atom. The van der Waals surface area contributed by atoms with Gasteiger partial charge in [-0.2, -0.15) is 0 Å². The molecule has 2 N–H and O–H groups in total. The molecule has 0 aromatic heterocycles. The van der Waals surface area contributed by atoms with Crippen molar-refractivity contribution in [3.63, 3.8) is 0 Å². The highest BCUT2D eigenvalue weighted by molar-refractivity contribution is 5.25. The number of hydrogen-bond donors (Lipinski definition) is 2. The predicted octanol–water partition coefficient (Wildman–Crippen LogP) is 4.03. The molecular weight excluding hydrogens is 300 g/mol. The summed E-state index contributed by atoms with van der Waals surface area (Å²) in [6.45, 7) is 4.91. The van der Waals surface area contributed by atoms with E-state index in [9.17, 15) is 5.11 Å². The Morgan fingerprint density at radius 2 is 1.62 bits per heavy atom. The van der Waals surface area contributed by atoms with Gasteiger partial charge in [0.2, 0.25) is 0 Å². The lowest BCUT2D eigenvalue weighted by atomic mass is 9.96. The SMILES string of the molecule is CC(C)(Cc1ccc(C(O)CCCO)cc1)OCc1ccccc1. The average molecular weight is 328 g/mol. The molecule has 2 aromatic rings. The van der Waals surface area contributed by atoms with E-state index < -0.39 is 6.10 Å². The van der Waals surface area contributed by atoms with Crippen molar-refractivity contribution in [2.45, 2.75) is 51.4 Å². The van der Waals surface area contributed by atoms with Gasteiger partial charge in [-0.15, -0.1) is 0 Å². The summed E-state index contributed by atoms with van der Waals surface area (Å²) in [5.41, 5.74) is 3.00. The van der Waals surface area contributed by atoms with E-state index in [1.165, 1.54) is 11.1 Å². The first-order chi connectivity index (χ1) is 11.5. The maximum absolute atomic E-state index is 10.0. The van der Waals surface area contributed by atoms with Crippen molar-refractivity contribution in [3.05, 3.63) is 71.3 Å². The minimum atomic E-state index is -0.506. The Kier molecular flexibility index (Phi) is 6.98. The smallest absolute Gasteiger partial charge is 0.0790 e. The molecule has 1 atom stereocenters. The van der Waals surface area contributed by atoms with Crippen LogP contribution in [0.25, 0.3) is 0 Å². The number of benzene rings is 2. The van der Waals surface area contributed by atoms with Gasteiger partial charge in [-0.05, 0) is 43.4 Å². The van der Waals surface area contributed by atoms with Crippen LogP contribution in [0.1, 0.15) is 49.5 Å². The van der Waals surface area contributed by atoms with Gasteiger partial charge >= 0.3 is 0 Å². The van der Waals surface area contributed by atoms with Crippen LogP contribution in [0, 0.1) is 0 Å². The van der Waals surface area contributed by atoms with Crippen LogP contribution in [0.5, 0.6) is 0 Å². The average Bonchev–Trinajstić information content (AvgIpc) is 2.59. The van der Waals surface area contributed by atoms with Crippen molar-refractivity contribution < 1.29 is 14.9 Å². The second-order valence-corrected chi connectivity index (χ2v) is 6.83. The maximum Gasteiger partial charge on any atom is 0.0790 e. The summed E-state index contributed by atoms with van der Waals surface area (Å²) in [5, 5.41) is 18.9. The van der Waals surface area contributed by atoms with Crippen molar-refractivity contribution >= 4 is 0 Å². The van der Waals surface area contributed by atoms with E-state index in [1.54, 1.807) is 0 Å². The summed E-state index contributed by atoms with van der Waals surface area (Å²) in [4.78, 5) is 0. The molecule has 1 unspecified atom stereocenters. The summed E-state index contributed by atoms with van der Waals surface area (Å²) in [6, 6.07) is 18.2. The van der Waals surface area contributed by atoms with Crippen molar-refractivity contribution in [1.82, 2.24) is 0 Å². The van der Waals surface area contributed by atoms with Gasteiger partial charge in [-0.25, -0.2) is 0 Å². The minimum Gasteiger partial charge on any atom is -0.396 e. The lowest BCUT2D eigenvalue weighted by Crippen LogP contribution is -2.27. The first kappa shape index (κ1) is 18.7. The topological polar surface area (TPSA) is 49.7 Å². The third-order valence-electron chi connectivity index (χ3n) is 4.10. The summed E-state index contributed by atoms with van der Waals surface area (Å²) in [6.07, 6.45) is 1.51. The van der Waals surface area contributed by atoms with Crippen LogP contribution in [0.3, 0.4) is 0 Å². The standard InChI is InChI=1S/C21H28O3/c1-21(2,24-16-18-7-4-3-5-8-18)15-17-10-12-19(13-11-17)20(23)9-6-14-22/h3-5,7-8,10-13,20,22-23H,6,9,14-16H2,1-2H3. The fraction of sp³-hybridized carbons (Fsp3) is 0.429. The lowest BCUT2D eigenvalue weighted by molar-refractivity contribution is -0.0287. The normalized spacial score (nSPS) is 13.0. The third kappa shape index (κ3) is 6.08. The van der Waals surface area contributed by atoms with Crippen molar-refractivity contribution in [2.24, 2.45) is 0 Å². The molecule has 24 heavy (non-hydrogen) atoms.